The molecule has 8 aromatic rings. The average molecular weight is 578 g/mol. The van der Waals surface area contributed by atoms with E-state index < -0.39 is 0 Å². The highest BCUT2D eigenvalue weighted by Crippen LogP contribution is 2.47. The van der Waals surface area contributed by atoms with Crippen molar-refractivity contribution >= 4 is 44.6 Å². The average Bonchev–Trinajstić information content (AvgIpc) is 3.43. The number of nitrogens with zero attached hydrogens (tertiary/aromatic N) is 2. The van der Waals surface area contributed by atoms with Crippen molar-refractivity contribution in [3.63, 3.8) is 0 Å². The predicted octanol–water partition coefficient (Wildman–Crippen LogP) is 11.2. The molecule has 0 atom stereocenters. The summed E-state index contributed by atoms with van der Waals surface area (Å²) in [5.41, 5.74) is 18.4. The van der Waals surface area contributed by atoms with Gasteiger partial charge in [-0.25, -0.2) is 0 Å². The highest BCUT2D eigenvalue weighted by atomic mass is 15.2. The molecule has 0 unspecified atom stereocenters. The lowest BCUT2D eigenvalue weighted by atomic mass is 9.94. The van der Waals surface area contributed by atoms with Crippen molar-refractivity contribution in [3.8, 4) is 27.9 Å². The van der Waals surface area contributed by atoms with Crippen molar-refractivity contribution in [1.29, 1.82) is 0 Å². The molecular weight excluding hydrogens is 546 g/mol. The van der Waals surface area contributed by atoms with E-state index in [0.29, 0.717) is 0 Å². The molecule has 3 nitrogen and oxygen atoms in total. The minimum atomic E-state index is 0.718. The lowest BCUT2D eigenvalue weighted by Gasteiger charge is -2.30. The van der Waals surface area contributed by atoms with Gasteiger partial charge in [0.1, 0.15) is 0 Å². The summed E-state index contributed by atoms with van der Waals surface area (Å²) in [5.74, 6) is 0. The van der Waals surface area contributed by atoms with E-state index in [-0.39, 0.29) is 0 Å². The maximum absolute atomic E-state index is 6.46. The Kier molecular flexibility index (Phi) is 6.62. The zero-order valence-corrected chi connectivity index (χ0v) is 24.7. The van der Waals surface area contributed by atoms with Crippen LogP contribution < -0.4 is 10.6 Å². The first-order valence-electron chi connectivity index (χ1n) is 15.2. The number of anilines is 4. The van der Waals surface area contributed by atoms with Crippen molar-refractivity contribution in [2.45, 2.75) is 0 Å². The summed E-state index contributed by atoms with van der Waals surface area (Å²) in [6.45, 7) is 0. The number of nitrogens with two attached hydrogens (primary N) is 1. The molecule has 214 valence electrons. The van der Waals surface area contributed by atoms with Crippen LogP contribution in [0.5, 0.6) is 0 Å². The van der Waals surface area contributed by atoms with Gasteiger partial charge in [0, 0.05) is 44.6 Å². The summed E-state index contributed by atoms with van der Waals surface area (Å²) in [6, 6.07) is 62.1. The number of hydrogen-bond donors (Lipinski definition) is 1. The molecular formula is C42H31N3. The van der Waals surface area contributed by atoms with Crippen LogP contribution in [0.2, 0.25) is 0 Å². The molecule has 0 saturated carbocycles. The van der Waals surface area contributed by atoms with Gasteiger partial charge in [-0.2, -0.15) is 0 Å². The third-order valence-electron chi connectivity index (χ3n) is 8.49. The van der Waals surface area contributed by atoms with Gasteiger partial charge >= 0.3 is 0 Å². The minimum absolute atomic E-state index is 0.718. The first-order chi connectivity index (χ1) is 22.3. The van der Waals surface area contributed by atoms with Crippen LogP contribution in [-0.2, 0) is 0 Å². The van der Waals surface area contributed by atoms with Crippen LogP contribution >= 0.6 is 0 Å². The van der Waals surface area contributed by atoms with E-state index in [0.717, 1.165) is 56.2 Å². The molecule has 0 aliphatic carbocycles. The van der Waals surface area contributed by atoms with Gasteiger partial charge in [0.25, 0.3) is 0 Å². The molecule has 0 aliphatic rings. The van der Waals surface area contributed by atoms with Crippen LogP contribution in [-0.4, -0.2) is 4.57 Å². The van der Waals surface area contributed by atoms with Crippen LogP contribution in [0.25, 0.3) is 49.7 Å². The van der Waals surface area contributed by atoms with E-state index in [1.54, 1.807) is 0 Å². The minimum Gasteiger partial charge on any atom is -0.399 e. The normalized spacial score (nSPS) is 11.2. The van der Waals surface area contributed by atoms with Gasteiger partial charge in [-0.3, -0.25) is 0 Å². The molecule has 8 rings (SSSR count). The SMILES string of the molecule is Nc1cccc(N(c2ccc3c4ccccc4n(-c4ccccc4)c3c2)c2c(-c3ccccc3)cccc2-c2ccccc2)c1. The predicted molar refractivity (Wildman–Crippen MR) is 191 cm³/mol. The number of nitrogen functional groups attached to an aromatic ring is 1. The lowest BCUT2D eigenvalue weighted by Crippen LogP contribution is -2.13. The maximum Gasteiger partial charge on any atom is 0.0618 e. The van der Waals surface area contributed by atoms with E-state index in [9.17, 15) is 0 Å². The summed E-state index contributed by atoms with van der Waals surface area (Å²) in [4.78, 5) is 2.37. The molecule has 1 aromatic heterocycles. The van der Waals surface area contributed by atoms with Crippen molar-refractivity contribution in [2.75, 3.05) is 10.6 Å². The third kappa shape index (κ3) is 4.72. The molecule has 3 heteroatoms. The van der Waals surface area contributed by atoms with E-state index >= 15 is 0 Å². The van der Waals surface area contributed by atoms with Gasteiger partial charge < -0.3 is 15.2 Å². The van der Waals surface area contributed by atoms with Gasteiger partial charge in [-0.1, -0.05) is 127 Å². The second-order valence-electron chi connectivity index (χ2n) is 11.3. The Labute approximate surface area is 263 Å². The fraction of sp³-hybridized carbons (Fsp3) is 0. The van der Waals surface area contributed by atoms with Gasteiger partial charge in [0.2, 0.25) is 0 Å². The highest BCUT2D eigenvalue weighted by molar-refractivity contribution is 6.11. The largest absolute Gasteiger partial charge is 0.399 e. The summed E-state index contributed by atoms with van der Waals surface area (Å²) in [5, 5.41) is 2.44. The fourth-order valence-corrected chi connectivity index (χ4v) is 6.51. The zero-order chi connectivity index (χ0) is 30.2. The number of aromatic nitrogens is 1. The molecule has 0 amide bonds. The molecule has 7 aromatic carbocycles. The summed E-state index contributed by atoms with van der Waals surface area (Å²) < 4.78 is 2.37. The molecule has 0 spiro atoms. The summed E-state index contributed by atoms with van der Waals surface area (Å²) in [6.07, 6.45) is 0. The monoisotopic (exact) mass is 577 g/mol. The maximum atomic E-state index is 6.46. The topological polar surface area (TPSA) is 34.2 Å². The Bertz CT molecular complexity index is 2210. The standard InChI is InChI=1S/C42H31N3/c43-32-18-12-21-34(28-32)44(42-36(30-14-4-1-5-15-30)23-13-24-37(42)31-16-6-2-7-17-31)35-26-27-39-38-22-10-11-25-40(38)45(41(39)29-35)33-19-8-3-9-20-33/h1-29H,43H2. The highest BCUT2D eigenvalue weighted by Gasteiger charge is 2.23. The first-order valence-corrected chi connectivity index (χ1v) is 15.2. The van der Waals surface area contributed by atoms with Crippen molar-refractivity contribution in [1.82, 2.24) is 4.57 Å². The Morgan fingerprint density at radius 3 is 1.64 bits per heavy atom. The van der Waals surface area contributed by atoms with E-state index in [1.807, 2.05) is 12.1 Å². The van der Waals surface area contributed by atoms with Crippen molar-refractivity contribution in [2.24, 2.45) is 0 Å². The van der Waals surface area contributed by atoms with Crippen LogP contribution in [0.3, 0.4) is 0 Å². The molecule has 0 bridgehead atoms. The number of rotatable bonds is 6. The second-order valence-corrected chi connectivity index (χ2v) is 11.3. The molecule has 0 fully saturated rings. The number of hydrogen-bond acceptors (Lipinski definition) is 2. The lowest BCUT2D eigenvalue weighted by molar-refractivity contribution is 1.18. The summed E-state index contributed by atoms with van der Waals surface area (Å²) >= 11 is 0. The zero-order valence-electron chi connectivity index (χ0n) is 24.7. The molecule has 0 radical (unpaired) electrons. The Hall–Kier alpha value is -6.06. The van der Waals surface area contributed by atoms with Gasteiger partial charge in [0.05, 0.1) is 16.7 Å². The van der Waals surface area contributed by atoms with Crippen molar-refractivity contribution < 1.29 is 0 Å². The Balaban J connectivity index is 1.47. The molecule has 2 N–H and O–H groups in total. The van der Waals surface area contributed by atoms with Crippen molar-refractivity contribution in [3.05, 3.63) is 176 Å². The first kappa shape index (κ1) is 26.6. The van der Waals surface area contributed by atoms with Gasteiger partial charge in [0.15, 0.2) is 0 Å². The third-order valence-corrected chi connectivity index (χ3v) is 8.49. The molecule has 0 aliphatic heterocycles. The van der Waals surface area contributed by atoms with Crippen LogP contribution in [0.15, 0.2) is 176 Å². The van der Waals surface area contributed by atoms with Crippen LogP contribution in [0, 0.1) is 0 Å². The van der Waals surface area contributed by atoms with Crippen LogP contribution in [0.1, 0.15) is 0 Å². The number of para-hydroxylation sites is 3. The van der Waals surface area contributed by atoms with E-state index in [4.69, 9.17) is 5.73 Å². The van der Waals surface area contributed by atoms with Gasteiger partial charge in [-0.05, 0) is 59.7 Å². The molecule has 1 heterocycles. The second kappa shape index (κ2) is 11.2. The van der Waals surface area contributed by atoms with E-state index in [1.165, 1.54) is 16.3 Å². The van der Waals surface area contributed by atoms with Gasteiger partial charge in [-0.15, -0.1) is 0 Å². The number of benzene rings is 7. The van der Waals surface area contributed by atoms with Crippen LogP contribution in [0.4, 0.5) is 22.7 Å². The Morgan fingerprint density at radius 2 is 0.978 bits per heavy atom. The summed E-state index contributed by atoms with van der Waals surface area (Å²) in [7, 11) is 0. The quantitative estimate of drug-likeness (QED) is 0.199. The Morgan fingerprint density at radius 1 is 0.422 bits per heavy atom. The smallest absolute Gasteiger partial charge is 0.0618 e. The van der Waals surface area contributed by atoms with E-state index in [2.05, 4.69) is 173 Å². The molecule has 0 saturated heterocycles. The number of fused-ring (bicyclic) bond motifs is 3. The fourth-order valence-electron chi connectivity index (χ4n) is 6.51. The molecule has 45 heavy (non-hydrogen) atoms.